The van der Waals surface area contributed by atoms with Crippen molar-refractivity contribution in [2.24, 2.45) is 0 Å². The summed E-state index contributed by atoms with van der Waals surface area (Å²) in [6.07, 6.45) is 0. The molecular weight excluding hydrogens is 170 g/mol. The molecule has 1 aromatic heterocycles. The number of aromatic nitrogens is 2. The van der Waals surface area contributed by atoms with E-state index in [0.29, 0.717) is 10.8 Å². The highest BCUT2D eigenvalue weighted by Gasteiger charge is 1.93. The van der Waals surface area contributed by atoms with Gasteiger partial charge >= 0.3 is 0 Å². The van der Waals surface area contributed by atoms with E-state index in [1.54, 1.807) is 6.92 Å². The van der Waals surface area contributed by atoms with Gasteiger partial charge in [0.2, 0.25) is 5.01 Å². The van der Waals surface area contributed by atoms with E-state index >= 15 is 0 Å². The highest BCUT2D eigenvalue weighted by Crippen LogP contribution is 1.99. The molecule has 0 fully saturated rings. The van der Waals surface area contributed by atoms with Crippen molar-refractivity contribution in [1.82, 2.24) is 9.36 Å². The third-order valence-corrected chi connectivity index (χ3v) is 1.33. The van der Waals surface area contributed by atoms with Gasteiger partial charge < -0.3 is 0 Å². The van der Waals surface area contributed by atoms with Crippen LogP contribution in [0.3, 0.4) is 0 Å². The third-order valence-electron chi connectivity index (χ3n) is 0.623. The largest absolute Gasteiger partial charge is 0.214 e. The normalized spacial score (nSPS) is 6.67. The van der Waals surface area contributed by atoms with Crippen molar-refractivity contribution < 1.29 is 0 Å². The average Bonchev–Trinajstić information content (AvgIpc) is 2.58. The summed E-state index contributed by atoms with van der Waals surface area (Å²) in [5.41, 5.74) is 0. The second-order valence-corrected chi connectivity index (χ2v) is 2.01. The molecule has 0 radical (unpaired) electrons. The molecule has 1 aromatic rings. The molecule has 0 spiro atoms. The van der Waals surface area contributed by atoms with Crippen molar-refractivity contribution in [1.29, 1.82) is 5.26 Å². The summed E-state index contributed by atoms with van der Waals surface area (Å²) < 4.78 is 3.80. The lowest BCUT2D eigenvalue weighted by atomic mass is 10.7. The SMILES string of the molecule is CC.CC.Cc1nsc(C#N)n1. The van der Waals surface area contributed by atoms with E-state index in [1.807, 2.05) is 33.8 Å². The van der Waals surface area contributed by atoms with E-state index in [4.69, 9.17) is 5.26 Å². The molecule has 3 nitrogen and oxygen atoms in total. The molecule has 0 saturated heterocycles. The Hall–Kier alpha value is -0.950. The second kappa shape index (κ2) is 10.0. The number of hydrogen-bond donors (Lipinski definition) is 0. The zero-order chi connectivity index (χ0) is 9.98. The molecule has 0 N–H and O–H groups in total. The Morgan fingerprint density at radius 2 is 1.75 bits per heavy atom. The van der Waals surface area contributed by atoms with Gasteiger partial charge in [-0.2, -0.15) is 9.64 Å². The average molecular weight is 185 g/mol. The standard InChI is InChI=1S/C4H3N3S.2C2H6/c1-3-6-4(2-5)8-7-3;2*1-2/h1H3;2*1-2H3. The van der Waals surface area contributed by atoms with Gasteiger partial charge in [-0.15, -0.1) is 0 Å². The summed E-state index contributed by atoms with van der Waals surface area (Å²) in [6, 6.07) is 1.89. The molecule has 0 aromatic carbocycles. The van der Waals surface area contributed by atoms with Gasteiger partial charge in [0, 0.05) is 0 Å². The number of rotatable bonds is 0. The predicted molar refractivity (Wildman–Crippen MR) is 52.1 cm³/mol. The molecule has 0 aliphatic heterocycles. The fraction of sp³-hybridized carbons (Fsp3) is 0.625. The molecule has 0 atom stereocenters. The van der Waals surface area contributed by atoms with E-state index < -0.39 is 0 Å². The number of aryl methyl sites for hydroxylation is 1. The zero-order valence-electron chi connectivity index (χ0n) is 8.25. The van der Waals surface area contributed by atoms with Crippen LogP contribution in [0.2, 0.25) is 0 Å². The van der Waals surface area contributed by atoms with Gasteiger partial charge in [-0.3, -0.25) is 0 Å². The smallest absolute Gasteiger partial charge is 0.210 e. The van der Waals surface area contributed by atoms with Crippen molar-refractivity contribution in [2.75, 3.05) is 0 Å². The van der Waals surface area contributed by atoms with Crippen LogP contribution < -0.4 is 0 Å². The quantitative estimate of drug-likeness (QED) is 0.624. The molecule has 12 heavy (non-hydrogen) atoms. The minimum Gasteiger partial charge on any atom is -0.210 e. The molecule has 0 amide bonds. The van der Waals surface area contributed by atoms with Crippen LogP contribution in [0.5, 0.6) is 0 Å². The molecule has 1 rings (SSSR count). The van der Waals surface area contributed by atoms with Gasteiger partial charge in [-0.05, 0) is 18.5 Å². The second-order valence-electron chi connectivity index (χ2n) is 1.26. The monoisotopic (exact) mass is 185 g/mol. The lowest BCUT2D eigenvalue weighted by Gasteiger charge is -1.66. The van der Waals surface area contributed by atoms with Gasteiger partial charge in [0.15, 0.2) is 0 Å². The number of nitriles is 1. The summed E-state index contributed by atoms with van der Waals surface area (Å²) >= 11 is 1.13. The van der Waals surface area contributed by atoms with Gasteiger partial charge in [0.1, 0.15) is 11.9 Å². The summed E-state index contributed by atoms with van der Waals surface area (Å²) in [7, 11) is 0. The topological polar surface area (TPSA) is 49.6 Å². The maximum Gasteiger partial charge on any atom is 0.214 e. The van der Waals surface area contributed by atoms with Crippen molar-refractivity contribution in [3.05, 3.63) is 10.8 Å². The first-order valence-corrected chi connectivity index (χ1v) is 4.80. The van der Waals surface area contributed by atoms with Gasteiger partial charge in [0.25, 0.3) is 0 Å². The van der Waals surface area contributed by atoms with Crippen LogP contribution in [-0.2, 0) is 0 Å². The minimum atomic E-state index is 0.433. The lowest BCUT2D eigenvalue weighted by Crippen LogP contribution is -1.71. The van der Waals surface area contributed by atoms with Crippen molar-refractivity contribution in [2.45, 2.75) is 34.6 Å². The van der Waals surface area contributed by atoms with Crippen molar-refractivity contribution in [3.63, 3.8) is 0 Å². The fourth-order valence-electron chi connectivity index (χ4n) is 0.342. The van der Waals surface area contributed by atoms with Gasteiger partial charge in [-0.25, -0.2) is 4.98 Å². The zero-order valence-corrected chi connectivity index (χ0v) is 9.07. The molecule has 0 aliphatic carbocycles. The Morgan fingerprint density at radius 1 is 1.25 bits per heavy atom. The summed E-state index contributed by atoms with van der Waals surface area (Å²) in [6.45, 7) is 9.76. The maximum atomic E-state index is 8.21. The van der Waals surface area contributed by atoms with Crippen LogP contribution in [0.1, 0.15) is 38.5 Å². The maximum absolute atomic E-state index is 8.21. The fourth-order valence-corrected chi connectivity index (χ4v) is 0.816. The Labute approximate surface area is 78.2 Å². The van der Waals surface area contributed by atoms with E-state index in [2.05, 4.69) is 9.36 Å². The van der Waals surface area contributed by atoms with E-state index in [-0.39, 0.29) is 0 Å². The van der Waals surface area contributed by atoms with Crippen molar-refractivity contribution >= 4 is 11.5 Å². The third kappa shape index (κ3) is 5.81. The van der Waals surface area contributed by atoms with Gasteiger partial charge in [0.05, 0.1) is 0 Å². The highest BCUT2D eigenvalue weighted by molar-refractivity contribution is 7.05. The molecule has 0 bridgehead atoms. The summed E-state index contributed by atoms with van der Waals surface area (Å²) in [4.78, 5) is 3.78. The van der Waals surface area contributed by atoms with E-state index in [0.717, 1.165) is 11.5 Å². The van der Waals surface area contributed by atoms with E-state index in [1.165, 1.54) is 0 Å². The Kier molecular flexibility index (Phi) is 11.4. The molecular formula is C8H15N3S. The Morgan fingerprint density at radius 3 is 1.92 bits per heavy atom. The first kappa shape index (κ1) is 13.6. The van der Waals surface area contributed by atoms with E-state index in [9.17, 15) is 0 Å². The van der Waals surface area contributed by atoms with Crippen LogP contribution in [-0.4, -0.2) is 9.36 Å². The van der Waals surface area contributed by atoms with Crippen LogP contribution >= 0.6 is 11.5 Å². The van der Waals surface area contributed by atoms with Gasteiger partial charge in [-0.1, -0.05) is 27.7 Å². The van der Waals surface area contributed by atoms with Crippen LogP contribution in [0.15, 0.2) is 0 Å². The first-order chi connectivity index (χ1) is 5.83. The molecule has 68 valence electrons. The first-order valence-electron chi connectivity index (χ1n) is 4.03. The Balaban J connectivity index is 0. The number of nitrogens with zero attached hydrogens (tertiary/aromatic N) is 3. The minimum absolute atomic E-state index is 0.433. The molecule has 4 heteroatoms. The van der Waals surface area contributed by atoms with Crippen LogP contribution in [0.25, 0.3) is 0 Å². The molecule has 0 saturated carbocycles. The van der Waals surface area contributed by atoms with Crippen molar-refractivity contribution in [3.8, 4) is 6.07 Å². The lowest BCUT2D eigenvalue weighted by molar-refractivity contribution is 1.15. The summed E-state index contributed by atoms with van der Waals surface area (Å²) in [5, 5.41) is 8.64. The van der Waals surface area contributed by atoms with Crippen LogP contribution in [0.4, 0.5) is 0 Å². The summed E-state index contributed by atoms with van der Waals surface area (Å²) in [5.74, 6) is 0.673. The highest BCUT2D eigenvalue weighted by atomic mass is 32.1. The molecule has 0 aliphatic rings. The molecule has 1 heterocycles. The number of hydrogen-bond acceptors (Lipinski definition) is 4. The van der Waals surface area contributed by atoms with Crippen LogP contribution in [0, 0.1) is 18.3 Å². The molecule has 0 unspecified atom stereocenters. The predicted octanol–water partition coefficient (Wildman–Crippen LogP) is 2.77. The Bertz CT molecular complexity index is 224.